The van der Waals surface area contributed by atoms with Crippen LogP contribution < -0.4 is 10.1 Å². The number of alkyl halides is 3. The minimum atomic E-state index is -4.44. The van der Waals surface area contributed by atoms with E-state index in [-0.39, 0.29) is 5.91 Å². The summed E-state index contributed by atoms with van der Waals surface area (Å²) < 4.78 is 50.4. The number of carbonyl (C=O) groups is 1. The third kappa shape index (κ3) is 3.92. The Hall–Kier alpha value is -2.96. The van der Waals surface area contributed by atoms with Crippen LogP contribution in [-0.4, -0.2) is 19.6 Å². The zero-order valence-corrected chi connectivity index (χ0v) is 14.8. The molecule has 27 heavy (non-hydrogen) atoms. The van der Waals surface area contributed by atoms with Crippen LogP contribution >= 0.6 is 0 Å². The molecule has 1 N–H and O–H groups in total. The molecular weight excluding hydrogens is 359 g/mol. The lowest BCUT2D eigenvalue weighted by molar-refractivity contribution is -0.137. The molecule has 7 heteroatoms. The first-order chi connectivity index (χ1) is 12.8. The van der Waals surface area contributed by atoms with E-state index in [2.05, 4.69) is 5.32 Å². The second kappa shape index (κ2) is 7.34. The Morgan fingerprint density at radius 1 is 1.22 bits per heavy atom. The Morgan fingerprint density at radius 3 is 2.67 bits per heavy atom. The van der Waals surface area contributed by atoms with Crippen LogP contribution in [0.3, 0.4) is 0 Å². The number of methoxy groups -OCH3 is 1. The van der Waals surface area contributed by atoms with E-state index in [1.165, 1.54) is 20.1 Å². The van der Waals surface area contributed by atoms with Gasteiger partial charge in [0, 0.05) is 30.0 Å². The maximum Gasteiger partial charge on any atom is 0.416 e. The highest BCUT2D eigenvalue weighted by molar-refractivity contribution is 5.99. The standard InChI is InChI=1S/C20H18F3NO3/c1-12(25)24-9-8-14-11-27-17-7-6-16(26-2)18(19(14)17)13-4-3-5-15(10-13)20(21,22)23/h3-7,10-11H,8-9H2,1-2H3,(H,24,25). The van der Waals surface area contributed by atoms with E-state index in [0.29, 0.717) is 40.8 Å². The van der Waals surface area contributed by atoms with Crippen LogP contribution in [-0.2, 0) is 17.4 Å². The van der Waals surface area contributed by atoms with Crippen molar-refractivity contribution in [1.82, 2.24) is 5.32 Å². The lowest BCUT2D eigenvalue weighted by Gasteiger charge is -2.14. The molecule has 0 bridgehead atoms. The van der Waals surface area contributed by atoms with Gasteiger partial charge in [-0.15, -0.1) is 0 Å². The molecule has 0 aliphatic rings. The van der Waals surface area contributed by atoms with Gasteiger partial charge < -0.3 is 14.5 Å². The molecule has 0 aliphatic heterocycles. The first kappa shape index (κ1) is 18.8. The Morgan fingerprint density at radius 2 is 2.00 bits per heavy atom. The van der Waals surface area contributed by atoms with Crippen LogP contribution in [0.25, 0.3) is 22.1 Å². The predicted octanol–water partition coefficient (Wildman–Crippen LogP) is 4.81. The highest BCUT2D eigenvalue weighted by Gasteiger charge is 2.31. The van der Waals surface area contributed by atoms with Gasteiger partial charge in [0.25, 0.3) is 0 Å². The highest BCUT2D eigenvalue weighted by Crippen LogP contribution is 2.41. The number of fused-ring (bicyclic) bond motifs is 1. The Balaban J connectivity index is 2.15. The molecular formula is C20H18F3NO3. The van der Waals surface area contributed by atoms with Gasteiger partial charge in [-0.3, -0.25) is 4.79 Å². The van der Waals surface area contributed by atoms with Crippen LogP contribution in [0.2, 0.25) is 0 Å². The minimum absolute atomic E-state index is 0.154. The first-order valence-electron chi connectivity index (χ1n) is 8.30. The van der Waals surface area contributed by atoms with Crippen LogP contribution in [0.15, 0.2) is 47.1 Å². The smallest absolute Gasteiger partial charge is 0.416 e. The van der Waals surface area contributed by atoms with Crippen molar-refractivity contribution in [2.24, 2.45) is 0 Å². The van der Waals surface area contributed by atoms with Gasteiger partial charge in [0.05, 0.1) is 18.9 Å². The van der Waals surface area contributed by atoms with Gasteiger partial charge in [0.1, 0.15) is 11.3 Å². The van der Waals surface area contributed by atoms with Crippen LogP contribution in [0.4, 0.5) is 13.2 Å². The van der Waals surface area contributed by atoms with Crippen LogP contribution in [0.5, 0.6) is 5.75 Å². The summed E-state index contributed by atoms with van der Waals surface area (Å²) in [6.07, 6.45) is -2.41. The molecule has 0 spiro atoms. The molecule has 0 saturated heterocycles. The highest BCUT2D eigenvalue weighted by atomic mass is 19.4. The zero-order chi connectivity index (χ0) is 19.6. The number of benzene rings is 2. The average molecular weight is 377 g/mol. The Kier molecular flexibility index (Phi) is 5.12. The molecule has 1 aromatic heterocycles. The summed E-state index contributed by atoms with van der Waals surface area (Å²) in [7, 11) is 1.47. The summed E-state index contributed by atoms with van der Waals surface area (Å²) >= 11 is 0. The van der Waals surface area contributed by atoms with E-state index in [0.717, 1.165) is 17.7 Å². The van der Waals surface area contributed by atoms with Gasteiger partial charge in [-0.1, -0.05) is 12.1 Å². The molecule has 0 aliphatic carbocycles. The zero-order valence-electron chi connectivity index (χ0n) is 14.8. The molecule has 0 atom stereocenters. The molecule has 0 unspecified atom stereocenters. The number of furan rings is 1. The lowest BCUT2D eigenvalue weighted by Crippen LogP contribution is -2.22. The van der Waals surface area contributed by atoms with E-state index in [1.54, 1.807) is 24.5 Å². The predicted molar refractivity (Wildman–Crippen MR) is 95.6 cm³/mol. The molecule has 3 rings (SSSR count). The summed E-state index contributed by atoms with van der Waals surface area (Å²) in [6, 6.07) is 8.49. The molecule has 142 valence electrons. The monoisotopic (exact) mass is 377 g/mol. The molecule has 1 heterocycles. The summed E-state index contributed by atoms with van der Waals surface area (Å²) in [6.45, 7) is 1.81. The van der Waals surface area contributed by atoms with Crippen molar-refractivity contribution in [2.75, 3.05) is 13.7 Å². The first-order valence-corrected chi connectivity index (χ1v) is 8.30. The number of rotatable bonds is 5. The molecule has 1 amide bonds. The van der Waals surface area contributed by atoms with Crippen molar-refractivity contribution in [3.8, 4) is 16.9 Å². The van der Waals surface area contributed by atoms with E-state index in [4.69, 9.17) is 9.15 Å². The fourth-order valence-corrected chi connectivity index (χ4v) is 3.04. The van der Waals surface area contributed by atoms with E-state index in [9.17, 15) is 18.0 Å². The van der Waals surface area contributed by atoms with Gasteiger partial charge in [0.15, 0.2) is 0 Å². The summed E-state index contributed by atoms with van der Waals surface area (Å²) in [5.41, 5.74) is 1.51. The number of ether oxygens (including phenoxy) is 1. The quantitative estimate of drug-likeness (QED) is 0.695. The van der Waals surface area contributed by atoms with E-state index < -0.39 is 11.7 Å². The summed E-state index contributed by atoms with van der Waals surface area (Å²) in [5, 5.41) is 3.38. The Bertz CT molecular complexity index is 976. The minimum Gasteiger partial charge on any atom is -0.496 e. The third-order valence-electron chi connectivity index (χ3n) is 4.24. The fraction of sp³-hybridized carbons (Fsp3) is 0.250. The maximum atomic E-state index is 13.2. The second-order valence-electron chi connectivity index (χ2n) is 6.09. The number of halogens is 3. The van der Waals surface area contributed by atoms with Crippen molar-refractivity contribution >= 4 is 16.9 Å². The lowest BCUT2D eigenvalue weighted by atomic mass is 9.95. The number of nitrogens with one attached hydrogen (secondary N) is 1. The van der Waals surface area contributed by atoms with Crippen molar-refractivity contribution in [1.29, 1.82) is 0 Å². The number of amides is 1. The number of hydrogen-bond acceptors (Lipinski definition) is 3. The number of carbonyl (C=O) groups excluding carboxylic acids is 1. The van der Waals surface area contributed by atoms with Crippen LogP contribution in [0, 0.1) is 0 Å². The molecule has 2 aromatic carbocycles. The van der Waals surface area contributed by atoms with Crippen molar-refractivity contribution in [3.63, 3.8) is 0 Å². The van der Waals surface area contributed by atoms with Gasteiger partial charge in [-0.05, 0) is 36.2 Å². The third-order valence-corrected chi connectivity index (χ3v) is 4.24. The summed E-state index contributed by atoms with van der Waals surface area (Å²) in [4.78, 5) is 11.1. The summed E-state index contributed by atoms with van der Waals surface area (Å²) in [5.74, 6) is 0.294. The molecule has 0 fully saturated rings. The second-order valence-corrected chi connectivity index (χ2v) is 6.09. The molecule has 4 nitrogen and oxygen atoms in total. The van der Waals surface area contributed by atoms with Crippen molar-refractivity contribution in [3.05, 3.63) is 53.8 Å². The van der Waals surface area contributed by atoms with Crippen molar-refractivity contribution in [2.45, 2.75) is 19.5 Å². The largest absolute Gasteiger partial charge is 0.496 e. The van der Waals surface area contributed by atoms with Crippen molar-refractivity contribution < 1.29 is 27.1 Å². The molecule has 0 radical (unpaired) electrons. The topological polar surface area (TPSA) is 51.5 Å². The average Bonchev–Trinajstić information content (AvgIpc) is 3.03. The van der Waals surface area contributed by atoms with E-state index in [1.807, 2.05) is 0 Å². The Labute approximate surface area is 153 Å². The van der Waals surface area contributed by atoms with Crippen LogP contribution in [0.1, 0.15) is 18.1 Å². The number of hydrogen-bond donors (Lipinski definition) is 1. The van der Waals surface area contributed by atoms with E-state index >= 15 is 0 Å². The van der Waals surface area contributed by atoms with Gasteiger partial charge in [0.2, 0.25) is 5.91 Å². The van der Waals surface area contributed by atoms with Gasteiger partial charge in [-0.25, -0.2) is 0 Å². The molecule has 0 saturated carbocycles. The SMILES string of the molecule is COc1ccc2occ(CCNC(C)=O)c2c1-c1cccc(C(F)(F)F)c1. The normalized spacial score (nSPS) is 11.6. The van der Waals surface area contributed by atoms with Gasteiger partial charge in [-0.2, -0.15) is 13.2 Å². The van der Waals surface area contributed by atoms with Gasteiger partial charge >= 0.3 is 6.18 Å². The molecule has 3 aromatic rings. The fourth-order valence-electron chi connectivity index (χ4n) is 3.04. The maximum absolute atomic E-state index is 13.2.